The first-order valence-corrected chi connectivity index (χ1v) is 7.55. The fourth-order valence-corrected chi connectivity index (χ4v) is 2.22. The molecule has 6 heteroatoms. The van der Waals surface area contributed by atoms with Crippen LogP contribution in [-0.4, -0.2) is 16.2 Å². The molecule has 124 valence electrons. The number of nitro groups is 1. The Labute approximate surface area is 144 Å². The van der Waals surface area contributed by atoms with E-state index in [9.17, 15) is 15.2 Å². The summed E-state index contributed by atoms with van der Waals surface area (Å²) >= 11 is 0. The Balaban J connectivity index is 1.74. The normalized spacial score (nSPS) is 10.7. The van der Waals surface area contributed by atoms with Gasteiger partial charge in [0.1, 0.15) is 5.75 Å². The van der Waals surface area contributed by atoms with Gasteiger partial charge < -0.3 is 10.4 Å². The van der Waals surface area contributed by atoms with Crippen LogP contribution in [0.3, 0.4) is 0 Å². The van der Waals surface area contributed by atoms with E-state index in [4.69, 9.17) is 0 Å². The van der Waals surface area contributed by atoms with Crippen LogP contribution in [0, 0.1) is 10.1 Å². The zero-order valence-corrected chi connectivity index (χ0v) is 13.2. The lowest BCUT2D eigenvalue weighted by molar-refractivity contribution is -0.384. The molecule has 3 rings (SSSR count). The maximum atomic E-state index is 10.8. The molecule has 0 bridgehead atoms. The fourth-order valence-electron chi connectivity index (χ4n) is 2.22. The van der Waals surface area contributed by atoms with Gasteiger partial charge in [0.25, 0.3) is 5.69 Å². The summed E-state index contributed by atoms with van der Waals surface area (Å²) < 4.78 is 0. The quantitative estimate of drug-likeness (QED) is 0.399. The summed E-state index contributed by atoms with van der Waals surface area (Å²) in [5.41, 5.74) is 2.77. The molecule has 0 aliphatic carbocycles. The molecule has 0 saturated carbocycles. The van der Waals surface area contributed by atoms with Crippen molar-refractivity contribution in [3.63, 3.8) is 0 Å². The zero-order valence-electron chi connectivity index (χ0n) is 13.2. The van der Waals surface area contributed by atoms with Crippen molar-refractivity contribution in [3.8, 4) is 5.75 Å². The van der Waals surface area contributed by atoms with E-state index in [0.29, 0.717) is 11.3 Å². The summed E-state index contributed by atoms with van der Waals surface area (Å²) in [6.07, 6.45) is 1.40. The van der Waals surface area contributed by atoms with E-state index in [-0.39, 0.29) is 11.4 Å². The highest BCUT2D eigenvalue weighted by atomic mass is 16.6. The molecule has 0 aliphatic rings. The third kappa shape index (κ3) is 4.20. The lowest BCUT2D eigenvalue weighted by Crippen LogP contribution is -1.90. The number of hydrogen-bond acceptors (Lipinski definition) is 5. The third-order valence-electron chi connectivity index (χ3n) is 3.50. The smallest absolute Gasteiger partial charge is 0.270 e. The Morgan fingerprint density at radius 2 is 1.64 bits per heavy atom. The number of hydrogen-bond donors (Lipinski definition) is 2. The number of nitrogens with one attached hydrogen (secondary N) is 1. The van der Waals surface area contributed by atoms with Crippen molar-refractivity contribution in [1.82, 2.24) is 0 Å². The highest BCUT2D eigenvalue weighted by Crippen LogP contribution is 2.23. The lowest BCUT2D eigenvalue weighted by Gasteiger charge is -2.06. The average Bonchev–Trinajstić information content (AvgIpc) is 2.63. The molecule has 3 aromatic carbocycles. The number of phenols is 1. The standard InChI is InChI=1S/C19H15N3O3/c23-19-11-10-18(22(24)25)12-14(19)13-20-15-6-8-17(9-7-15)21-16-4-2-1-3-5-16/h1-13,21,23H. The molecule has 0 atom stereocenters. The van der Waals surface area contributed by atoms with Crippen LogP contribution in [0.2, 0.25) is 0 Å². The summed E-state index contributed by atoms with van der Waals surface area (Å²) in [6, 6.07) is 21.0. The Kier molecular flexibility index (Phi) is 4.71. The van der Waals surface area contributed by atoms with E-state index in [0.717, 1.165) is 11.4 Å². The van der Waals surface area contributed by atoms with Crippen molar-refractivity contribution in [3.05, 3.63) is 88.5 Å². The van der Waals surface area contributed by atoms with Crippen LogP contribution in [0.25, 0.3) is 0 Å². The van der Waals surface area contributed by atoms with Gasteiger partial charge in [-0.05, 0) is 42.5 Å². The largest absolute Gasteiger partial charge is 0.507 e. The molecule has 0 heterocycles. The lowest BCUT2D eigenvalue weighted by atomic mass is 10.2. The van der Waals surface area contributed by atoms with Gasteiger partial charge in [0.2, 0.25) is 0 Å². The van der Waals surface area contributed by atoms with Crippen LogP contribution in [0.4, 0.5) is 22.7 Å². The minimum absolute atomic E-state index is 0.0586. The SMILES string of the molecule is O=[N+]([O-])c1ccc(O)c(C=Nc2ccc(Nc3ccccc3)cc2)c1. The number of benzene rings is 3. The number of nitrogens with zero attached hydrogens (tertiary/aromatic N) is 2. The number of non-ortho nitro benzene ring substituents is 1. The predicted molar refractivity (Wildman–Crippen MR) is 98.2 cm³/mol. The van der Waals surface area contributed by atoms with E-state index in [2.05, 4.69) is 10.3 Å². The van der Waals surface area contributed by atoms with Gasteiger partial charge in [0.15, 0.2) is 0 Å². The van der Waals surface area contributed by atoms with Crippen molar-refractivity contribution >= 4 is 29.0 Å². The molecular weight excluding hydrogens is 318 g/mol. The summed E-state index contributed by atoms with van der Waals surface area (Å²) in [5.74, 6) is -0.0586. The van der Waals surface area contributed by atoms with E-state index in [1.165, 1.54) is 24.4 Å². The summed E-state index contributed by atoms with van der Waals surface area (Å²) in [6.45, 7) is 0. The molecule has 0 spiro atoms. The first-order chi connectivity index (χ1) is 12.1. The molecule has 0 aromatic heterocycles. The maximum Gasteiger partial charge on any atom is 0.270 e. The highest BCUT2D eigenvalue weighted by molar-refractivity contribution is 5.86. The van der Waals surface area contributed by atoms with Gasteiger partial charge >= 0.3 is 0 Å². The van der Waals surface area contributed by atoms with E-state index >= 15 is 0 Å². The number of para-hydroxylation sites is 1. The van der Waals surface area contributed by atoms with Crippen LogP contribution < -0.4 is 5.32 Å². The van der Waals surface area contributed by atoms with Crippen molar-refractivity contribution in [2.45, 2.75) is 0 Å². The second-order valence-electron chi connectivity index (χ2n) is 5.30. The minimum atomic E-state index is -0.513. The Hall–Kier alpha value is -3.67. The Morgan fingerprint density at radius 3 is 2.32 bits per heavy atom. The van der Waals surface area contributed by atoms with Crippen LogP contribution >= 0.6 is 0 Å². The molecule has 0 saturated heterocycles. The van der Waals surface area contributed by atoms with Gasteiger partial charge in [-0.2, -0.15) is 0 Å². The van der Waals surface area contributed by atoms with Crippen molar-refractivity contribution < 1.29 is 10.0 Å². The molecule has 0 aliphatic heterocycles. The molecule has 0 amide bonds. The molecule has 0 unspecified atom stereocenters. The first kappa shape index (κ1) is 16.2. The number of nitro benzene ring substituents is 1. The van der Waals surface area contributed by atoms with Crippen molar-refractivity contribution in [1.29, 1.82) is 0 Å². The number of aliphatic imine (C=N–C) groups is 1. The van der Waals surface area contributed by atoms with Crippen LogP contribution in [0.15, 0.2) is 77.8 Å². The summed E-state index contributed by atoms with van der Waals surface area (Å²) in [5, 5.41) is 23.8. The monoisotopic (exact) mass is 333 g/mol. The predicted octanol–water partition coefficient (Wildman–Crippen LogP) is 4.79. The van der Waals surface area contributed by atoms with Crippen LogP contribution in [-0.2, 0) is 0 Å². The van der Waals surface area contributed by atoms with E-state index in [1.807, 2.05) is 54.6 Å². The third-order valence-corrected chi connectivity index (χ3v) is 3.50. The number of aromatic hydroxyl groups is 1. The van der Waals surface area contributed by atoms with E-state index < -0.39 is 4.92 Å². The minimum Gasteiger partial charge on any atom is -0.507 e. The molecule has 0 fully saturated rings. The second-order valence-corrected chi connectivity index (χ2v) is 5.30. The van der Waals surface area contributed by atoms with Gasteiger partial charge in [-0.1, -0.05) is 18.2 Å². The molecular formula is C19H15N3O3. The summed E-state index contributed by atoms with van der Waals surface area (Å²) in [7, 11) is 0. The molecule has 2 N–H and O–H groups in total. The maximum absolute atomic E-state index is 10.8. The van der Waals surface area contributed by atoms with Crippen LogP contribution in [0.5, 0.6) is 5.75 Å². The molecule has 6 nitrogen and oxygen atoms in total. The number of rotatable bonds is 5. The zero-order chi connectivity index (χ0) is 17.6. The number of phenolic OH excluding ortho intramolecular Hbond substituents is 1. The van der Waals surface area contributed by atoms with E-state index in [1.54, 1.807) is 0 Å². The average molecular weight is 333 g/mol. The van der Waals surface area contributed by atoms with Crippen molar-refractivity contribution in [2.24, 2.45) is 4.99 Å². The summed E-state index contributed by atoms with van der Waals surface area (Å²) in [4.78, 5) is 14.5. The van der Waals surface area contributed by atoms with Gasteiger partial charge in [0.05, 0.1) is 10.6 Å². The van der Waals surface area contributed by atoms with Gasteiger partial charge in [-0.25, -0.2) is 0 Å². The molecule has 3 aromatic rings. The topological polar surface area (TPSA) is 87.8 Å². The fraction of sp³-hybridized carbons (Fsp3) is 0. The first-order valence-electron chi connectivity index (χ1n) is 7.55. The Bertz CT molecular complexity index is 907. The van der Waals surface area contributed by atoms with Crippen molar-refractivity contribution in [2.75, 3.05) is 5.32 Å². The molecule has 0 radical (unpaired) electrons. The number of anilines is 2. The second kappa shape index (κ2) is 7.27. The Morgan fingerprint density at radius 1 is 0.960 bits per heavy atom. The molecule has 25 heavy (non-hydrogen) atoms. The van der Waals surface area contributed by atoms with Crippen LogP contribution in [0.1, 0.15) is 5.56 Å². The highest BCUT2D eigenvalue weighted by Gasteiger charge is 2.08. The van der Waals surface area contributed by atoms with Gasteiger partial charge in [0, 0.05) is 35.3 Å². The van der Waals surface area contributed by atoms with Gasteiger partial charge in [-0.3, -0.25) is 15.1 Å². The van der Waals surface area contributed by atoms with Gasteiger partial charge in [-0.15, -0.1) is 0 Å².